The van der Waals surface area contributed by atoms with Crippen molar-refractivity contribution in [1.82, 2.24) is 10.0 Å². The average Bonchev–Trinajstić information content (AvgIpc) is 3.06. The maximum absolute atomic E-state index is 11.3. The zero-order valence-corrected chi connectivity index (χ0v) is 14.4. The van der Waals surface area contributed by atoms with E-state index in [-0.39, 0.29) is 12.0 Å². The smallest absolute Gasteiger partial charge is 0.208 e. The van der Waals surface area contributed by atoms with Gasteiger partial charge >= 0.3 is 0 Å². The highest BCUT2D eigenvalue weighted by Gasteiger charge is 2.29. The number of nitrogens with two attached hydrogens (primary N) is 1. The Hall–Kier alpha value is -1.12. The van der Waals surface area contributed by atoms with Crippen LogP contribution in [0.1, 0.15) is 24.1 Å². The van der Waals surface area contributed by atoms with Gasteiger partial charge in [-0.1, -0.05) is 12.5 Å². The van der Waals surface area contributed by atoms with E-state index >= 15 is 0 Å². The molecule has 124 valence electrons. The number of nitrogens with zero attached hydrogens (tertiary/aromatic N) is 1. The van der Waals surface area contributed by atoms with Gasteiger partial charge in [-0.25, -0.2) is 13.1 Å². The van der Waals surface area contributed by atoms with Gasteiger partial charge in [-0.3, -0.25) is 4.99 Å². The predicted molar refractivity (Wildman–Crippen MR) is 91.6 cm³/mol. The van der Waals surface area contributed by atoms with E-state index in [2.05, 4.69) is 26.5 Å². The normalized spacial score (nSPS) is 22.9. The number of sulfonamides is 1. The molecule has 1 aromatic rings. The van der Waals surface area contributed by atoms with E-state index in [9.17, 15) is 8.42 Å². The molecule has 2 rings (SSSR count). The van der Waals surface area contributed by atoms with Crippen LogP contribution in [-0.2, 0) is 16.4 Å². The summed E-state index contributed by atoms with van der Waals surface area (Å²) in [6.45, 7) is 1.32. The zero-order chi connectivity index (χ0) is 16.0. The molecular formula is C14H24N4O2S2. The van der Waals surface area contributed by atoms with Crippen molar-refractivity contribution >= 4 is 27.3 Å². The van der Waals surface area contributed by atoms with Crippen LogP contribution in [0.2, 0.25) is 0 Å². The maximum atomic E-state index is 11.3. The number of hydrogen-bond acceptors (Lipinski definition) is 4. The minimum Gasteiger partial charge on any atom is -0.370 e. The third kappa shape index (κ3) is 5.94. The molecule has 0 bridgehead atoms. The van der Waals surface area contributed by atoms with Gasteiger partial charge in [0.1, 0.15) is 0 Å². The van der Waals surface area contributed by atoms with Gasteiger partial charge in [0.2, 0.25) is 10.0 Å². The minimum absolute atomic E-state index is 0.0160. The van der Waals surface area contributed by atoms with Gasteiger partial charge in [0.25, 0.3) is 0 Å². The molecule has 1 aromatic heterocycles. The molecule has 0 saturated heterocycles. The topological polar surface area (TPSA) is 96.6 Å². The molecule has 0 radical (unpaired) electrons. The highest BCUT2D eigenvalue weighted by molar-refractivity contribution is 7.88. The Kier molecular flexibility index (Phi) is 6.22. The van der Waals surface area contributed by atoms with E-state index in [1.165, 1.54) is 11.1 Å². The van der Waals surface area contributed by atoms with Crippen LogP contribution in [0.15, 0.2) is 22.5 Å². The van der Waals surface area contributed by atoms with Gasteiger partial charge in [0, 0.05) is 24.0 Å². The fourth-order valence-corrected chi connectivity index (χ4v) is 4.29. The molecule has 4 N–H and O–H groups in total. The van der Waals surface area contributed by atoms with Gasteiger partial charge in [0.15, 0.2) is 5.96 Å². The van der Waals surface area contributed by atoms with E-state index in [1.54, 1.807) is 11.3 Å². The summed E-state index contributed by atoms with van der Waals surface area (Å²) >= 11 is 1.73. The molecule has 2 atom stereocenters. The van der Waals surface area contributed by atoms with Crippen molar-refractivity contribution < 1.29 is 8.42 Å². The Balaban J connectivity index is 1.74. The molecule has 6 nitrogen and oxygen atoms in total. The summed E-state index contributed by atoms with van der Waals surface area (Å²) < 4.78 is 25.4. The summed E-state index contributed by atoms with van der Waals surface area (Å²) in [6.07, 6.45) is 5.01. The Labute approximate surface area is 136 Å². The Morgan fingerprint density at radius 2 is 2.32 bits per heavy atom. The fraction of sp³-hybridized carbons (Fsp3) is 0.643. The molecule has 1 saturated carbocycles. The molecule has 1 aliphatic carbocycles. The van der Waals surface area contributed by atoms with E-state index in [0.29, 0.717) is 12.5 Å². The second-order valence-corrected chi connectivity index (χ2v) is 8.48. The fourth-order valence-electron chi connectivity index (χ4n) is 2.73. The molecule has 0 aromatic carbocycles. The lowest BCUT2D eigenvalue weighted by molar-refractivity contribution is 0.454. The summed E-state index contributed by atoms with van der Waals surface area (Å²) in [5.74, 6) is 0.661. The Morgan fingerprint density at radius 1 is 1.50 bits per heavy atom. The number of rotatable bonds is 7. The SMILES string of the molecule is CS(=O)(=O)NC1CCCC1CN=C(N)NCCc1cccs1. The first kappa shape index (κ1) is 17.2. The molecule has 2 unspecified atom stereocenters. The highest BCUT2D eigenvalue weighted by atomic mass is 32.2. The second kappa shape index (κ2) is 7.94. The van der Waals surface area contributed by atoms with Crippen LogP contribution in [0.4, 0.5) is 0 Å². The largest absolute Gasteiger partial charge is 0.370 e. The van der Waals surface area contributed by atoms with Gasteiger partial charge in [-0.2, -0.15) is 0 Å². The lowest BCUT2D eigenvalue weighted by Gasteiger charge is -2.18. The molecular weight excluding hydrogens is 320 g/mol. The van der Waals surface area contributed by atoms with Gasteiger partial charge in [-0.05, 0) is 36.6 Å². The van der Waals surface area contributed by atoms with Crippen LogP contribution in [0.5, 0.6) is 0 Å². The quantitative estimate of drug-likeness (QED) is 0.506. The molecule has 22 heavy (non-hydrogen) atoms. The Bertz CT molecular complexity index is 584. The number of guanidine groups is 1. The molecule has 1 aliphatic rings. The lowest BCUT2D eigenvalue weighted by Crippen LogP contribution is -2.38. The van der Waals surface area contributed by atoms with Gasteiger partial charge < -0.3 is 11.1 Å². The van der Waals surface area contributed by atoms with Crippen molar-refractivity contribution in [3.05, 3.63) is 22.4 Å². The van der Waals surface area contributed by atoms with Crippen molar-refractivity contribution in [2.75, 3.05) is 19.3 Å². The molecule has 0 amide bonds. The summed E-state index contributed by atoms with van der Waals surface area (Å²) in [5.41, 5.74) is 5.87. The van der Waals surface area contributed by atoms with Crippen LogP contribution < -0.4 is 15.8 Å². The average molecular weight is 345 g/mol. The molecule has 0 aliphatic heterocycles. The van der Waals surface area contributed by atoms with E-state index in [4.69, 9.17) is 5.73 Å². The highest BCUT2D eigenvalue weighted by Crippen LogP contribution is 2.26. The van der Waals surface area contributed by atoms with Crippen LogP contribution in [0, 0.1) is 5.92 Å². The van der Waals surface area contributed by atoms with Crippen molar-refractivity contribution in [1.29, 1.82) is 0 Å². The Morgan fingerprint density at radius 3 is 3.00 bits per heavy atom. The summed E-state index contributed by atoms with van der Waals surface area (Å²) in [7, 11) is -3.16. The summed E-state index contributed by atoms with van der Waals surface area (Å²) in [5, 5.41) is 5.16. The number of thiophene rings is 1. The summed E-state index contributed by atoms with van der Waals surface area (Å²) in [6, 6.07) is 4.12. The van der Waals surface area contributed by atoms with Crippen molar-refractivity contribution in [3.63, 3.8) is 0 Å². The standard InChI is InChI=1S/C14H24N4O2S2/c1-22(19,20)18-13-6-2-4-11(13)10-17-14(15)16-8-7-12-5-3-9-21-12/h3,5,9,11,13,18H,2,4,6-8,10H2,1H3,(H3,15,16,17). The van der Waals surface area contributed by atoms with Gasteiger partial charge in [0.05, 0.1) is 6.26 Å². The van der Waals surface area contributed by atoms with E-state index in [0.717, 1.165) is 32.2 Å². The van der Waals surface area contributed by atoms with Crippen LogP contribution >= 0.6 is 11.3 Å². The maximum Gasteiger partial charge on any atom is 0.208 e. The van der Waals surface area contributed by atoms with Crippen molar-refractivity contribution in [2.24, 2.45) is 16.6 Å². The van der Waals surface area contributed by atoms with Crippen LogP contribution in [0.3, 0.4) is 0 Å². The molecule has 1 heterocycles. The second-order valence-electron chi connectivity index (χ2n) is 5.67. The first-order chi connectivity index (χ1) is 10.4. The van der Waals surface area contributed by atoms with E-state index < -0.39 is 10.0 Å². The molecule has 8 heteroatoms. The molecule has 0 spiro atoms. The number of aliphatic imine (C=N–C) groups is 1. The lowest BCUT2D eigenvalue weighted by atomic mass is 10.1. The first-order valence-corrected chi connectivity index (χ1v) is 10.2. The number of nitrogens with one attached hydrogen (secondary N) is 2. The summed E-state index contributed by atoms with van der Waals surface area (Å²) in [4.78, 5) is 5.67. The van der Waals surface area contributed by atoms with Gasteiger partial charge in [-0.15, -0.1) is 11.3 Å². The van der Waals surface area contributed by atoms with E-state index in [1.807, 2.05) is 6.07 Å². The third-order valence-electron chi connectivity index (χ3n) is 3.78. The van der Waals surface area contributed by atoms with Crippen LogP contribution in [-0.4, -0.2) is 39.8 Å². The van der Waals surface area contributed by atoms with Crippen LogP contribution in [0.25, 0.3) is 0 Å². The third-order valence-corrected chi connectivity index (χ3v) is 5.45. The first-order valence-electron chi connectivity index (χ1n) is 7.47. The minimum atomic E-state index is -3.16. The van der Waals surface area contributed by atoms with Crippen molar-refractivity contribution in [2.45, 2.75) is 31.7 Å². The molecule has 1 fully saturated rings. The van der Waals surface area contributed by atoms with Crippen molar-refractivity contribution in [3.8, 4) is 0 Å². The zero-order valence-electron chi connectivity index (χ0n) is 12.8. The number of hydrogen-bond donors (Lipinski definition) is 3. The monoisotopic (exact) mass is 344 g/mol. The predicted octanol–water partition coefficient (Wildman–Crippen LogP) is 0.913.